The summed E-state index contributed by atoms with van der Waals surface area (Å²) in [6, 6.07) is 2.08. The normalized spacial score (nSPS) is 10.8. The average molecular weight is 215 g/mol. The van der Waals surface area contributed by atoms with Gasteiger partial charge in [-0.05, 0) is 13.0 Å². The highest BCUT2D eigenvalue weighted by atomic mass is 32.2. The van der Waals surface area contributed by atoms with E-state index in [0.717, 1.165) is 18.1 Å². The van der Waals surface area contributed by atoms with Gasteiger partial charge in [0.15, 0.2) is 0 Å². The predicted octanol–water partition coefficient (Wildman–Crippen LogP) is 0.796. The maximum Gasteiger partial charge on any atom is 0.0940 e. The number of nitrogens with two attached hydrogens (primary N) is 1. The quantitative estimate of drug-likeness (QED) is 0.563. The number of thioether (sulfide) groups is 1. The average Bonchev–Trinajstić information content (AvgIpc) is 2.45. The largest absolute Gasteiger partial charge is 0.379 e. The Morgan fingerprint density at radius 2 is 2.36 bits per heavy atom. The fourth-order valence-corrected chi connectivity index (χ4v) is 2.00. The highest BCUT2D eigenvalue weighted by Gasteiger charge is 2.01. The van der Waals surface area contributed by atoms with E-state index in [9.17, 15) is 0 Å². The summed E-state index contributed by atoms with van der Waals surface area (Å²) in [7, 11) is 1.95. The van der Waals surface area contributed by atoms with Crippen molar-refractivity contribution in [2.24, 2.45) is 12.8 Å². The molecule has 0 amide bonds. The van der Waals surface area contributed by atoms with Gasteiger partial charge < -0.3 is 10.5 Å². The van der Waals surface area contributed by atoms with Gasteiger partial charge in [-0.3, -0.25) is 4.68 Å². The smallest absolute Gasteiger partial charge is 0.0940 e. The van der Waals surface area contributed by atoms with Crippen LogP contribution in [0.3, 0.4) is 0 Å². The van der Waals surface area contributed by atoms with Crippen molar-refractivity contribution in [3.63, 3.8) is 0 Å². The Morgan fingerprint density at radius 1 is 1.57 bits per heavy atom. The summed E-state index contributed by atoms with van der Waals surface area (Å²) in [6.07, 6.45) is 0. The zero-order valence-corrected chi connectivity index (χ0v) is 9.51. The van der Waals surface area contributed by atoms with Crippen LogP contribution in [0.4, 0.5) is 0 Å². The van der Waals surface area contributed by atoms with Crippen molar-refractivity contribution in [1.29, 1.82) is 0 Å². The maximum absolute atomic E-state index is 5.30. The van der Waals surface area contributed by atoms with E-state index >= 15 is 0 Å². The molecule has 0 saturated carbocycles. The molecule has 1 heterocycles. The summed E-state index contributed by atoms with van der Waals surface area (Å²) in [5, 5.41) is 5.44. The van der Waals surface area contributed by atoms with Gasteiger partial charge in [0.05, 0.1) is 23.9 Å². The molecular formula is C9H17N3OS. The minimum absolute atomic E-state index is 0.593. The standard InChI is InChI=1S/C9H17N3OS/c1-8-7-9(12(2)11-8)14-6-5-13-4-3-10/h7H,3-6,10H2,1-2H3. The van der Waals surface area contributed by atoms with Crippen molar-refractivity contribution in [1.82, 2.24) is 9.78 Å². The van der Waals surface area contributed by atoms with Crippen molar-refractivity contribution in [3.8, 4) is 0 Å². The third-order valence-electron chi connectivity index (χ3n) is 1.70. The summed E-state index contributed by atoms with van der Waals surface area (Å²) in [5.74, 6) is 0.943. The Hall–Kier alpha value is -0.520. The Balaban J connectivity index is 2.21. The second kappa shape index (κ2) is 6.06. The molecule has 0 radical (unpaired) electrons. The second-order valence-corrected chi connectivity index (χ2v) is 4.11. The van der Waals surface area contributed by atoms with Crippen molar-refractivity contribution >= 4 is 11.8 Å². The van der Waals surface area contributed by atoms with Crippen molar-refractivity contribution in [3.05, 3.63) is 11.8 Å². The monoisotopic (exact) mass is 215 g/mol. The molecule has 0 aromatic carbocycles. The highest BCUT2D eigenvalue weighted by Crippen LogP contribution is 2.17. The van der Waals surface area contributed by atoms with E-state index < -0.39 is 0 Å². The Bertz CT molecular complexity index is 275. The molecule has 2 N–H and O–H groups in total. The van der Waals surface area contributed by atoms with E-state index in [1.807, 2.05) is 18.7 Å². The van der Waals surface area contributed by atoms with Gasteiger partial charge in [-0.2, -0.15) is 5.10 Å². The summed E-state index contributed by atoms with van der Waals surface area (Å²) in [5.41, 5.74) is 6.36. The molecule has 4 nitrogen and oxygen atoms in total. The summed E-state index contributed by atoms with van der Waals surface area (Å²) in [6.45, 7) is 3.97. The van der Waals surface area contributed by atoms with E-state index in [1.54, 1.807) is 11.8 Å². The van der Waals surface area contributed by atoms with Crippen LogP contribution < -0.4 is 5.73 Å². The molecule has 0 saturated heterocycles. The van der Waals surface area contributed by atoms with Crippen LogP contribution in [-0.2, 0) is 11.8 Å². The Morgan fingerprint density at radius 3 is 2.93 bits per heavy atom. The number of hydrogen-bond donors (Lipinski definition) is 1. The molecule has 1 aromatic rings. The molecular weight excluding hydrogens is 198 g/mol. The summed E-state index contributed by atoms with van der Waals surface area (Å²) >= 11 is 1.75. The van der Waals surface area contributed by atoms with Crippen molar-refractivity contribution < 1.29 is 4.74 Å². The van der Waals surface area contributed by atoms with Crippen LogP contribution in [0, 0.1) is 6.92 Å². The van der Waals surface area contributed by atoms with E-state index in [1.165, 1.54) is 5.03 Å². The number of rotatable bonds is 6. The third kappa shape index (κ3) is 3.69. The molecule has 0 spiro atoms. The van der Waals surface area contributed by atoms with Gasteiger partial charge in [0.25, 0.3) is 0 Å². The zero-order valence-electron chi connectivity index (χ0n) is 8.69. The molecule has 0 aliphatic carbocycles. The van der Waals surface area contributed by atoms with Gasteiger partial charge in [-0.1, -0.05) is 0 Å². The Kier molecular flexibility index (Phi) is 5.00. The van der Waals surface area contributed by atoms with Crippen molar-refractivity contribution in [2.45, 2.75) is 11.9 Å². The molecule has 0 atom stereocenters. The lowest BCUT2D eigenvalue weighted by atomic mass is 10.5. The third-order valence-corrected chi connectivity index (χ3v) is 2.75. The number of aryl methyl sites for hydroxylation is 2. The number of ether oxygens (including phenoxy) is 1. The van der Waals surface area contributed by atoms with E-state index in [-0.39, 0.29) is 0 Å². The molecule has 0 fully saturated rings. The minimum Gasteiger partial charge on any atom is -0.379 e. The second-order valence-electron chi connectivity index (χ2n) is 3.00. The number of aromatic nitrogens is 2. The van der Waals surface area contributed by atoms with Gasteiger partial charge in [0.2, 0.25) is 0 Å². The van der Waals surface area contributed by atoms with Crippen LogP contribution in [-0.4, -0.2) is 35.3 Å². The van der Waals surface area contributed by atoms with Gasteiger partial charge in [-0.15, -0.1) is 11.8 Å². The fraction of sp³-hybridized carbons (Fsp3) is 0.667. The molecule has 14 heavy (non-hydrogen) atoms. The van der Waals surface area contributed by atoms with Crippen LogP contribution in [0.2, 0.25) is 0 Å². The first-order chi connectivity index (χ1) is 6.74. The van der Waals surface area contributed by atoms with E-state index in [0.29, 0.717) is 13.2 Å². The van der Waals surface area contributed by atoms with Gasteiger partial charge in [0.1, 0.15) is 0 Å². The number of hydrogen-bond acceptors (Lipinski definition) is 4. The first-order valence-corrected chi connectivity index (χ1v) is 5.64. The van der Waals surface area contributed by atoms with Crippen LogP contribution in [0.25, 0.3) is 0 Å². The molecule has 5 heteroatoms. The SMILES string of the molecule is Cc1cc(SCCOCCN)n(C)n1. The van der Waals surface area contributed by atoms with Gasteiger partial charge in [0, 0.05) is 19.3 Å². The van der Waals surface area contributed by atoms with E-state index in [4.69, 9.17) is 10.5 Å². The van der Waals surface area contributed by atoms with Crippen LogP contribution in [0.1, 0.15) is 5.69 Å². The van der Waals surface area contributed by atoms with Crippen molar-refractivity contribution in [2.75, 3.05) is 25.5 Å². The van der Waals surface area contributed by atoms with Gasteiger partial charge in [-0.25, -0.2) is 0 Å². The van der Waals surface area contributed by atoms with E-state index in [2.05, 4.69) is 11.2 Å². The molecule has 0 aliphatic heterocycles. The maximum atomic E-state index is 5.30. The first kappa shape index (κ1) is 11.6. The molecule has 80 valence electrons. The minimum atomic E-state index is 0.593. The molecule has 0 bridgehead atoms. The lowest BCUT2D eigenvalue weighted by molar-refractivity contribution is 0.158. The summed E-state index contributed by atoms with van der Waals surface area (Å²) in [4.78, 5) is 0. The first-order valence-electron chi connectivity index (χ1n) is 4.65. The van der Waals surface area contributed by atoms with Crippen LogP contribution >= 0.6 is 11.8 Å². The summed E-state index contributed by atoms with van der Waals surface area (Å²) < 4.78 is 7.17. The topological polar surface area (TPSA) is 53.1 Å². The molecule has 1 rings (SSSR count). The molecule has 1 aromatic heterocycles. The lowest BCUT2D eigenvalue weighted by Crippen LogP contribution is -2.10. The van der Waals surface area contributed by atoms with Crippen LogP contribution in [0.15, 0.2) is 11.1 Å². The Labute approximate surface area is 88.8 Å². The lowest BCUT2D eigenvalue weighted by Gasteiger charge is -2.02. The van der Waals surface area contributed by atoms with Gasteiger partial charge >= 0.3 is 0 Å². The molecule has 0 aliphatic rings. The highest BCUT2D eigenvalue weighted by molar-refractivity contribution is 7.99. The fourth-order valence-electron chi connectivity index (χ4n) is 1.11. The van der Waals surface area contributed by atoms with Crippen LogP contribution in [0.5, 0.6) is 0 Å². The zero-order chi connectivity index (χ0) is 10.4. The predicted molar refractivity (Wildman–Crippen MR) is 58.5 cm³/mol. The number of nitrogens with zero attached hydrogens (tertiary/aromatic N) is 2. The molecule has 0 unspecified atom stereocenters.